The Morgan fingerprint density at radius 1 is 1.12 bits per heavy atom. The van der Waals surface area contributed by atoms with Crippen molar-refractivity contribution < 1.29 is 9.90 Å². The van der Waals surface area contributed by atoms with Crippen LogP contribution in [-0.4, -0.2) is 17.0 Å². The van der Waals surface area contributed by atoms with Gasteiger partial charge in [0.15, 0.2) is 0 Å². The fourth-order valence-electron chi connectivity index (χ4n) is 5.10. The highest BCUT2D eigenvalue weighted by atomic mass is 16.3. The van der Waals surface area contributed by atoms with Crippen molar-refractivity contribution >= 4 is 5.78 Å². The molecule has 176 valence electrons. The number of rotatable bonds is 9. The molecule has 2 nitrogen and oxygen atoms in total. The van der Waals surface area contributed by atoms with E-state index in [1.165, 1.54) is 24.8 Å². The molecule has 0 aliphatic heterocycles. The minimum Gasteiger partial charge on any atom is -0.388 e. The number of aliphatic hydroxyl groups is 1. The second-order valence-corrected chi connectivity index (χ2v) is 10.2. The molecule has 2 atom stereocenters. The molecular formula is C31H40O2. The third-order valence-electron chi connectivity index (χ3n) is 7.54. The van der Waals surface area contributed by atoms with E-state index in [9.17, 15) is 9.90 Å². The van der Waals surface area contributed by atoms with Gasteiger partial charge in [-0.3, -0.25) is 0 Å². The molecule has 0 saturated heterocycles. The molecule has 1 unspecified atom stereocenters. The zero-order valence-electron chi connectivity index (χ0n) is 20.5. The molecule has 2 aliphatic carbocycles. The van der Waals surface area contributed by atoms with E-state index in [4.69, 9.17) is 0 Å². The third-order valence-corrected chi connectivity index (χ3v) is 7.54. The van der Waals surface area contributed by atoms with Gasteiger partial charge in [-0.15, -0.1) is 0 Å². The molecular weight excluding hydrogens is 404 g/mol. The van der Waals surface area contributed by atoms with Crippen LogP contribution in [0.5, 0.6) is 0 Å². The van der Waals surface area contributed by atoms with Crippen molar-refractivity contribution in [3.05, 3.63) is 71.8 Å². The molecule has 0 bridgehead atoms. The molecule has 0 amide bonds. The van der Waals surface area contributed by atoms with E-state index in [0.717, 1.165) is 50.5 Å². The summed E-state index contributed by atoms with van der Waals surface area (Å²) in [7, 11) is 0. The molecule has 33 heavy (non-hydrogen) atoms. The molecule has 2 saturated carbocycles. The Morgan fingerprint density at radius 3 is 2.61 bits per heavy atom. The summed E-state index contributed by atoms with van der Waals surface area (Å²) < 4.78 is 0. The van der Waals surface area contributed by atoms with Gasteiger partial charge in [0, 0.05) is 29.2 Å². The van der Waals surface area contributed by atoms with Crippen LogP contribution in [0.15, 0.2) is 66.3 Å². The van der Waals surface area contributed by atoms with Gasteiger partial charge in [-0.05, 0) is 64.0 Å². The van der Waals surface area contributed by atoms with Gasteiger partial charge in [0.25, 0.3) is 0 Å². The Hall–Kier alpha value is -2.37. The highest BCUT2D eigenvalue weighted by molar-refractivity contribution is 5.75. The van der Waals surface area contributed by atoms with E-state index >= 15 is 0 Å². The average Bonchev–Trinajstić information content (AvgIpc) is 2.77. The number of carbonyl (C=O) groups is 1. The summed E-state index contributed by atoms with van der Waals surface area (Å²) in [5.41, 5.74) is 2.53. The number of hydrogen-bond donors (Lipinski definition) is 1. The van der Waals surface area contributed by atoms with Crippen LogP contribution in [0.2, 0.25) is 0 Å². The Balaban J connectivity index is 1.58. The molecule has 3 rings (SSSR count). The first kappa shape index (κ1) is 25.3. The van der Waals surface area contributed by atoms with Crippen molar-refractivity contribution in [3.8, 4) is 11.8 Å². The molecule has 2 fully saturated rings. The topological polar surface area (TPSA) is 37.3 Å². The lowest BCUT2D eigenvalue weighted by atomic mass is 9.63. The van der Waals surface area contributed by atoms with Crippen LogP contribution in [0, 0.1) is 22.7 Å². The number of unbranched alkanes of at least 4 members (excludes halogenated alkanes) is 1. The molecule has 0 heterocycles. The Kier molecular flexibility index (Phi) is 9.33. The van der Waals surface area contributed by atoms with Crippen LogP contribution < -0.4 is 0 Å². The lowest BCUT2D eigenvalue weighted by Gasteiger charge is -2.43. The van der Waals surface area contributed by atoms with E-state index in [1.807, 2.05) is 42.5 Å². The Bertz CT molecular complexity index is 921. The van der Waals surface area contributed by atoms with Gasteiger partial charge >= 0.3 is 0 Å². The largest absolute Gasteiger partial charge is 0.388 e. The SMILES string of the molecule is CC(=O)CCC/C=C1\CCCC[C@@]1(C)/C=C/C=C/C(O)C1(CC#Cc2ccccc2)CCC1. The summed E-state index contributed by atoms with van der Waals surface area (Å²) in [6, 6.07) is 10.1. The maximum Gasteiger partial charge on any atom is 0.129 e. The lowest BCUT2D eigenvalue weighted by molar-refractivity contribution is -0.117. The van der Waals surface area contributed by atoms with Crippen molar-refractivity contribution in [2.45, 2.75) is 90.6 Å². The zero-order valence-corrected chi connectivity index (χ0v) is 20.5. The summed E-state index contributed by atoms with van der Waals surface area (Å²) in [5.74, 6) is 6.84. The molecule has 1 aromatic rings. The molecule has 1 N–H and O–H groups in total. The van der Waals surface area contributed by atoms with Gasteiger partial charge in [-0.25, -0.2) is 0 Å². The predicted molar refractivity (Wildman–Crippen MR) is 138 cm³/mol. The second kappa shape index (κ2) is 12.2. The van der Waals surface area contributed by atoms with Crippen LogP contribution in [0.1, 0.15) is 90.0 Å². The quantitative estimate of drug-likeness (QED) is 0.187. The highest BCUT2D eigenvalue weighted by Crippen LogP contribution is 2.47. The first-order chi connectivity index (χ1) is 15.9. The third kappa shape index (κ3) is 7.31. The van der Waals surface area contributed by atoms with Crippen molar-refractivity contribution in [1.29, 1.82) is 0 Å². The molecule has 0 radical (unpaired) electrons. The molecule has 0 aromatic heterocycles. The molecule has 0 spiro atoms. The van der Waals surface area contributed by atoms with Crippen LogP contribution in [0.3, 0.4) is 0 Å². The standard InChI is InChI=1S/C31H40O2/c1-26(32)14-6-7-18-28-19-8-10-21-30(28,2)22-11-9-20-29(33)31(24-13-25-31)23-12-17-27-15-4-3-5-16-27/h3-5,9,11,15-16,18,20,22,29,33H,6-8,10,13-14,19,21,23-25H2,1-2H3/b20-9+,22-11+,28-18+/t29?,30-/m0/s1. The molecule has 1 aromatic carbocycles. The van der Waals surface area contributed by atoms with Crippen molar-refractivity contribution in [3.63, 3.8) is 0 Å². The van der Waals surface area contributed by atoms with Gasteiger partial charge in [0.05, 0.1) is 6.10 Å². The Morgan fingerprint density at radius 2 is 1.91 bits per heavy atom. The number of aliphatic hydroxyl groups excluding tert-OH is 1. The lowest BCUT2D eigenvalue weighted by Crippen LogP contribution is -2.40. The Labute approximate surface area is 200 Å². The van der Waals surface area contributed by atoms with Gasteiger partial charge < -0.3 is 9.90 Å². The van der Waals surface area contributed by atoms with Crippen LogP contribution in [0.25, 0.3) is 0 Å². The molecule has 2 aliphatic rings. The summed E-state index contributed by atoms with van der Waals surface area (Å²) >= 11 is 0. The average molecular weight is 445 g/mol. The summed E-state index contributed by atoms with van der Waals surface area (Å²) in [6.07, 6.45) is 21.8. The van der Waals surface area contributed by atoms with E-state index in [2.05, 4.69) is 37.0 Å². The first-order valence-corrected chi connectivity index (χ1v) is 12.7. The minimum atomic E-state index is -0.457. The number of ketones is 1. The minimum absolute atomic E-state index is 0.0824. The zero-order chi connectivity index (χ0) is 23.6. The van der Waals surface area contributed by atoms with Crippen LogP contribution in [0.4, 0.5) is 0 Å². The normalized spacial score (nSPS) is 24.4. The van der Waals surface area contributed by atoms with Crippen molar-refractivity contribution in [1.82, 2.24) is 0 Å². The fourth-order valence-corrected chi connectivity index (χ4v) is 5.10. The maximum absolute atomic E-state index is 11.2. The van der Waals surface area contributed by atoms with Crippen molar-refractivity contribution in [2.24, 2.45) is 10.8 Å². The van der Waals surface area contributed by atoms with Gasteiger partial charge in [0.1, 0.15) is 5.78 Å². The smallest absolute Gasteiger partial charge is 0.129 e. The molecule has 2 heteroatoms. The van der Waals surface area contributed by atoms with E-state index in [-0.39, 0.29) is 16.6 Å². The van der Waals surface area contributed by atoms with Gasteiger partial charge in [-0.2, -0.15) is 0 Å². The summed E-state index contributed by atoms with van der Waals surface area (Å²) in [5, 5.41) is 10.9. The maximum atomic E-state index is 11.2. The summed E-state index contributed by atoms with van der Waals surface area (Å²) in [4.78, 5) is 11.2. The summed E-state index contributed by atoms with van der Waals surface area (Å²) in [6.45, 7) is 4.00. The van der Waals surface area contributed by atoms with Crippen LogP contribution in [-0.2, 0) is 4.79 Å². The number of hydrogen-bond acceptors (Lipinski definition) is 2. The number of Topliss-reactive ketones (excluding diaryl/α,β-unsaturated/α-hetero) is 1. The highest BCUT2D eigenvalue weighted by Gasteiger charge is 2.41. The second-order valence-electron chi connectivity index (χ2n) is 10.2. The van der Waals surface area contributed by atoms with Crippen molar-refractivity contribution in [2.75, 3.05) is 0 Å². The predicted octanol–water partition coefficient (Wildman–Crippen LogP) is 7.34. The van der Waals surface area contributed by atoms with E-state index < -0.39 is 6.10 Å². The van der Waals surface area contributed by atoms with Gasteiger partial charge in [0.2, 0.25) is 0 Å². The first-order valence-electron chi connectivity index (χ1n) is 12.7. The monoisotopic (exact) mass is 444 g/mol. The van der Waals surface area contributed by atoms with Gasteiger partial charge in [-0.1, -0.05) is 85.8 Å². The number of benzene rings is 1. The van der Waals surface area contributed by atoms with Crippen LogP contribution >= 0.6 is 0 Å². The van der Waals surface area contributed by atoms with E-state index in [1.54, 1.807) is 6.92 Å². The fraction of sp³-hybridized carbons (Fsp3) is 0.516. The van der Waals surface area contributed by atoms with E-state index in [0.29, 0.717) is 6.42 Å². The number of carbonyl (C=O) groups excluding carboxylic acids is 1. The number of allylic oxidation sites excluding steroid dienone is 5.